The van der Waals surface area contributed by atoms with Crippen molar-refractivity contribution in [2.75, 3.05) is 0 Å². The van der Waals surface area contributed by atoms with Gasteiger partial charge in [-0.15, -0.1) is 0 Å². The van der Waals surface area contributed by atoms with E-state index in [1.54, 1.807) is 19.1 Å². The molecule has 19 heavy (non-hydrogen) atoms. The number of aromatic hydroxyl groups is 1. The van der Waals surface area contributed by atoms with Gasteiger partial charge >= 0.3 is 0 Å². The molecule has 0 aliphatic carbocycles. The normalized spacial score (nSPS) is 11.5. The van der Waals surface area contributed by atoms with Gasteiger partial charge in [0.05, 0.1) is 10.5 Å². The van der Waals surface area contributed by atoms with Crippen LogP contribution in [0.3, 0.4) is 0 Å². The third kappa shape index (κ3) is 2.15. The Bertz CT molecular complexity index is 728. The smallest absolute Gasteiger partial charge is 0.209 e. The zero-order chi connectivity index (χ0) is 14.2. The number of H-pyrrole nitrogens is 1. The lowest BCUT2D eigenvalue weighted by Gasteiger charge is -2.05. The van der Waals surface area contributed by atoms with E-state index >= 15 is 0 Å². The second-order valence-electron chi connectivity index (χ2n) is 4.30. The Kier molecular flexibility index (Phi) is 3.20. The Morgan fingerprint density at radius 2 is 1.79 bits per heavy atom. The molecule has 0 amide bonds. The molecule has 3 N–H and O–H groups in total. The maximum atomic E-state index is 12.5. The summed E-state index contributed by atoms with van der Waals surface area (Å²) in [6.45, 7) is 3.42. The summed E-state index contributed by atoms with van der Waals surface area (Å²) in [4.78, 5) is 2.63. The van der Waals surface area contributed by atoms with Crippen LogP contribution in [0.5, 0.6) is 5.88 Å². The largest absolute Gasteiger partial charge is 0.494 e. The molecule has 0 atom stereocenters. The third-order valence-corrected chi connectivity index (χ3v) is 4.85. The standard InChI is InChI=1S/C13H14N2O3S/c1-8-3-5-10(6-4-8)19(17,18)12-9(2)15-13(16)11(12)7-14/h3-7,14-16H,1-2H3. The zero-order valence-corrected chi connectivity index (χ0v) is 11.4. The van der Waals surface area contributed by atoms with Crippen LogP contribution in [0.2, 0.25) is 0 Å². The van der Waals surface area contributed by atoms with Crippen LogP contribution in [0.15, 0.2) is 34.1 Å². The van der Waals surface area contributed by atoms with Crippen LogP contribution in [0, 0.1) is 19.3 Å². The second kappa shape index (κ2) is 4.55. The topological polar surface area (TPSA) is 94.0 Å². The number of rotatable bonds is 3. The van der Waals surface area contributed by atoms with E-state index in [2.05, 4.69) is 4.98 Å². The average Bonchev–Trinajstić information content (AvgIpc) is 2.64. The quantitative estimate of drug-likeness (QED) is 0.751. The van der Waals surface area contributed by atoms with Crippen molar-refractivity contribution in [3.05, 3.63) is 41.1 Å². The van der Waals surface area contributed by atoms with E-state index in [1.807, 2.05) is 6.92 Å². The molecule has 1 aromatic heterocycles. The van der Waals surface area contributed by atoms with E-state index in [0.29, 0.717) is 5.69 Å². The summed E-state index contributed by atoms with van der Waals surface area (Å²) in [5.74, 6) is -0.307. The molecule has 0 unspecified atom stereocenters. The van der Waals surface area contributed by atoms with Crippen molar-refractivity contribution in [1.29, 1.82) is 5.41 Å². The van der Waals surface area contributed by atoms with Gasteiger partial charge in [0, 0.05) is 11.9 Å². The van der Waals surface area contributed by atoms with Crippen molar-refractivity contribution in [3.63, 3.8) is 0 Å². The highest BCUT2D eigenvalue weighted by atomic mass is 32.2. The third-order valence-electron chi connectivity index (χ3n) is 2.89. The molecule has 0 radical (unpaired) electrons. The highest BCUT2D eigenvalue weighted by Crippen LogP contribution is 2.31. The van der Waals surface area contributed by atoms with Gasteiger partial charge in [0.1, 0.15) is 4.90 Å². The summed E-state index contributed by atoms with van der Waals surface area (Å²) in [5, 5.41) is 16.8. The summed E-state index contributed by atoms with van der Waals surface area (Å²) in [6, 6.07) is 6.45. The molecule has 0 aliphatic heterocycles. The van der Waals surface area contributed by atoms with Gasteiger partial charge in [-0.2, -0.15) is 0 Å². The van der Waals surface area contributed by atoms with E-state index < -0.39 is 9.84 Å². The van der Waals surface area contributed by atoms with Crippen LogP contribution >= 0.6 is 0 Å². The monoisotopic (exact) mass is 278 g/mol. The predicted molar refractivity (Wildman–Crippen MR) is 71.7 cm³/mol. The molecular weight excluding hydrogens is 264 g/mol. The Morgan fingerprint density at radius 1 is 1.21 bits per heavy atom. The molecule has 2 aromatic rings. The van der Waals surface area contributed by atoms with Gasteiger partial charge in [-0.1, -0.05) is 17.7 Å². The fourth-order valence-corrected chi connectivity index (χ4v) is 3.56. The van der Waals surface area contributed by atoms with Crippen molar-refractivity contribution in [3.8, 4) is 5.88 Å². The van der Waals surface area contributed by atoms with Gasteiger partial charge in [-0.25, -0.2) is 8.42 Å². The number of hydrogen-bond donors (Lipinski definition) is 3. The van der Waals surface area contributed by atoms with E-state index in [0.717, 1.165) is 11.8 Å². The Hall–Kier alpha value is -2.08. The average molecular weight is 278 g/mol. The van der Waals surface area contributed by atoms with Crippen LogP contribution in [-0.2, 0) is 9.84 Å². The highest BCUT2D eigenvalue weighted by Gasteiger charge is 2.27. The number of aryl methyl sites for hydroxylation is 2. The molecule has 0 bridgehead atoms. The van der Waals surface area contributed by atoms with Crippen molar-refractivity contribution < 1.29 is 13.5 Å². The van der Waals surface area contributed by atoms with Crippen molar-refractivity contribution in [2.24, 2.45) is 0 Å². The van der Waals surface area contributed by atoms with Gasteiger partial charge in [0.15, 0.2) is 5.88 Å². The lowest BCUT2D eigenvalue weighted by Crippen LogP contribution is -2.05. The van der Waals surface area contributed by atoms with Crippen LogP contribution in [0.25, 0.3) is 0 Å². The van der Waals surface area contributed by atoms with Gasteiger partial charge in [0.25, 0.3) is 0 Å². The second-order valence-corrected chi connectivity index (χ2v) is 6.19. The molecule has 5 nitrogen and oxygen atoms in total. The Morgan fingerprint density at radius 3 is 2.32 bits per heavy atom. The number of hydrogen-bond acceptors (Lipinski definition) is 4. The summed E-state index contributed by atoms with van der Waals surface area (Å²) in [7, 11) is -3.75. The first kappa shape index (κ1) is 13.4. The maximum absolute atomic E-state index is 12.5. The van der Waals surface area contributed by atoms with Gasteiger partial charge in [-0.3, -0.25) is 0 Å². The van der Waals surface area contributed by atoms with E-state index in [-0.39, 0.29) is 21.2 Å². The van der Waals surface area contributed by atoms with Gasteiger partial charge in [0.2, 0.25) is 9.84 Å². The van der Waals surface area contributed by atoms with Crippen LogP contribution in [-0.4, -0.2) is 24.7 Å². The van der Waals surface area contributed by atoms with Crippen molar-refractivity contribution in [1.82, 2.24) is 4.98 Å². The van der Waals surface area contributed by atoms with E-state index in [9.17, 15) is 13.5 Å². The molecule has 2 rings (SSSR count). The lowest BCUT2D eigenvalue weighted by atomic mass is 10.2. The van der Waals surface area contributed by atoms with Crippen molar-refractivity contribution >= 4 is 16.1 Å². The maximum Gasteiger partial charge on any atom is 0.209 e. The lowest BCUT2D eigenvalue weighted by molar-refractivity contribution is 0.455. The van der Waals surface area contributed by atoms with E-state index in [1.165, 1.54) is 12.1 Å². The van der Waals surface area contributed by atoms with Gasteiger partial charge in [-0.05, 0) is 26.0 Å². The fraction of sp³-hybridized carbons (Fsp3) is 0.154. The predicted octanol–water partition coefficient (Wildman–Crippen LogP) is 2.17. The molecule has 6 heteroatoms. The SMILES string of the molecule is Cc1ccc(S(=O)(=O)c2c(C)[nH]c(O)c2C=N)cc1. The summed E-state index contributed by atoms with van der Waals surface area (Å²) in [6.07, 6.45) is 0.833. The minimum atomic E-state index is -3.75. The molecule has 1 aromatic carbocycles. The number of sulfone groups is 1. The van der Waals surface area contributed by atoms with Crippen LogP contribution in [0.1, 0.15) is 16.8 Å². The highest BCUT2D eigenvalue weighted by molar-refractivity contribution is 7.91. The number of benzene rings is 1. The van der Waals surface area contributed by atoms with Crippen molar-refractivity contribution in [2.45, 2.75) is 23.6 Å². The molecule has 0 spiro atoms. The molecular formula is C13H14N2O3S. The van der Waals surface area contributed by atoms with Crippen LogP contribution in [0.4, 0.5) is 0 Å². The van der Waals surface area contributed by atoms with Crippen LogP contribution < -0.4 is 0 Å². The molecule has 0 aliphatic rings. The molecule has 0 fully saturated rings. The molecule has 0 saturated heterocycles. The first-order valence-corrected chi connectivity index (χ1v) is 7.10. The summed E-state index contributed by atoms with van der Waals surface area (Å²) >= 11 is 0. The first-order valence-electron chi connectivity index (χ1n) is 5.61. The Labute approximate surface area is 111 Å². The Balaban J connectivity index is 2.70. The molecule has 100 valence electrons. The number of nitrogens with one attached hydrogen (secondary N) is 2. The molecule has 1 heterocycles. The van der Waals surface area contributed by atoms with E-state index in [4.69, 9.17) is 5.41 Å². The first-order chi connectivity index (χ1) is 8.87. The summed E-state index contributed by atoms with van der Waals surface area (Å²) < 4.78 is 25.0. The fourth-order valence-electron chi connectivity index (χ4n) is 1.93. The zero-order valence-electron chi connectivity index (χ0n) is 10.6. The molecule has 0 saturated carbocycles. The number of aromatic nitrogens is 1. The minimum Gasteiger partial charge on any atom is -0.494 e. The number of aromatic amines is 1. The van der Waals surface area contributed by atoms with Gasteiger partial charge < -0.3 is 15.5 Å². The summed E-state index contributed by atoms with van der Waals surface area (Å²) in [5.41, 5.74) is 1.26. The minimum absolute atomic E-state index is 0.0157.